The van der Waals surface area contributed by atoms with Crippen molar-refractivity contribution < 1.29 is 12.9 Å². The second kappa shape index (κ2) is 5.36. The van der Waals surface area contributed by atoms with Crippen LogP contribution in [0.1, 0.15) is 50.2 Å². The Labute approximate surface area is 107 Å². The molecule has 7 heteroatoms. The lowest BCUT2D eigenvalue weighted by molar-refractivity contribution is 0.333. The average Bonchev–Trinajstić information content (AvgIpc) is 3.08. The Hall–Kier alpha value is -0.950. The molecule has 1 aliphatic rings. The summed E-state index contributed by atoms with van der Waals surface area (Å²) in [7, 11) is -1.66. The van der Waals surface area contributed by atoms with E-state index in [2.05, 4.69) is 10.1 Å². The summed E-state index contributed by atoms with van der Waals surface area (Å²) < 4.78 is 30.1. The lowest BCUT2D eigenvalue weighted by atomic mass is 10.4. The van der Waals surface area contributed by atoms with E-state index in [1.165, 1.54) is 4.31 Å². The summed E-state index contributed by atoms with van der Waals surface area (Å²) in [6, 6.07) is 0. The molecular weight excluding hydrogens is 254 g/mol. The Morgan fingerprint density at radius 1 is 1.44 bits per heavy atom. The SMILES string of the molecule is CCCCS(=O)(=O)N(C)Cc1nc(C2CC2)no1. The van der Waals surface area contributed by atoms with Crippen molar-refractivity contribution in [2.45, 2.75) is 45.1 Å². The summed E-state index contributed by atoms with van der Waals surface area (Å²) in [5.41, 5.74) is 0. The predicted octanol–water partition coefficient (Wildman–Crippen LogP) is 1.51. The molecule has 0 saturated heterocycles. The van der Waals surface area contributed by atoms with Gasteiger partial charge in [-0.1, -0.05) is 18.5 Å². The minimum atomic E-state index is -3.21. The quantitative estimate of drug-likeness (QED) is 0.752. The first-order chi connectivity index (χ1) is 8.53. The summed E-state index contributed by atoms with van der Waals surface area (Å²) >= 11 is 0. The fourth-order valence-electron chi connectivity index (χ4n) is 1.61. The molecule has 0 spiro atoms. The van der Waals surface area contributed by atoms with Crippen LogP contribution in [0.4, 0.5) is 0 Å². The summed E-state index contributed by atoms with van der Waals surface area (Å²) in [4.78, 5) is 4.22. The Bertz CT molecular complexity index is 493. The van der Waals surface area contributed by atoms with E-state index >= 15 is 0 Å². The van der Waals surface area contributed by atoms with Gasteiger partial charge in [0.05, 0.1) is 12.3 Å². The first kappa shape index (κ1) is 13.5. The number of nitrogens with zero attached hydrogens (tertiary/aromatic N) is 3. The van der Waals surface area contributed by atoms with Crippen LogP contribution in [0.5, 0.6) is 0 Å². The molecule has 1 fully saturated rings. The Kier molecular flexibility index (Phi) is 4.01. The summed E-state index contributed by atoms with van der Waals surface area (Å²) in [6.45, 7) is 2.13. The van der Waals surface area contributed by atoms with Gasteiger partial charge in [0.2, 0.25) is 15.9 Å². The molecule has 0 bridgehead atoms. The first-order valence-corrected chi connectivity index (χ1v) is 7.90. The van der Waals surface area contributed by atoms with Crippen molar-refractivity contribution in [3.8, 4) is 0 Å². The topological polar surface area (TPSA) is 76.3 Å². The van der Waals surface area contributed by atoms with Gasteiger partial charge in [0.1, 0.15) is 0 Å². The van der Waals surface area contributed by atoms with Crippen LogP contribution >= 0.6 is 0 Å². The van der Waals surface area contributed by atoms with E-state index < -0.39 is 10.0 Å². The van der Waals surface area contributed by atoms with Crippen molar-refractivity contribution >= 4 is 10.0 Å². The largest absolute Gasteiger partial charge is 0.338 e. The first-order valence-electron chi connectivity index (χ1n) is 6.29. The molecule has 0 atom stereocenters. The lowest BCUT2D eigenvalue weighted by Gasteiger charge is -2.14. The van der Waals surface area contributed by atoms with Crippen LogP contribution < -0.4 is 0 Å². The van der Waals surface area contributed by atoms with E-state index in [4.69, 9.17) is 4.52 Å². The molecule has 0 aromatic carbocycles. The normalized spacial score (nSPS) is 16.4. The van der Waals surface area contributed by atoms with Gasteiger partial charge in [-0.3, -0.25) is 0 Å². The van der Waals surface area contributed by atoms with Crippen LogP contribution in [0.25, 0.3) is 0 Å². The molecule has 18 heavy (non-hydrogen) atoms. The molecule has 6 nitrogen and oxygen atoms in total. The maximum absolute atomic E-state index is 11.9. The van der Waals surface area contributed by atoms with E-state index in [0.29, 0.717) is 24.1 Å². The summed E-state index contributed by atoms with van der Waals surface area (Å²) in [5, 5.41) is 3.87. The van der Waals surface area contributed by atoms with Crippen LogP contribution in [0.15, 0.2) is 4.52 Å². The average molecular weight is 273 g/mol. The second-order valence-electron chi connectivity index (χ2n) is 4.75. The Balaban J connectivity index is 1.94. The van der Waals surface area contributed by atoms with Gasteiger partial charge in [-0.15, -0.1) is 0 Å². The van der Waals surface area contributed by atoms with Crippen molar-refractivity contribution in [1.82, 2.24) is 14.4 Å². The monoisotopic (exact) mass is 273 g/mol. The second-order valence-corrected chi connectivity index (χ2v) is 6.94. The van der Waals surface area contributed by atoms with Gasteiger partial charge in [0.15, 0.2) is 5.82 Å². The molecule has 1 aromatic heterocycles. The van der Waals surface area contributed by atoms with Crippen molar-refractivity contribution in [3.05, 3.63) is 11.7 Å². The van der Waals surface area contributed by atoms with Crippen LogP contribution in [-0.2, 0) is 16.6 Å². The molecule has 2 rings (SSSR count). The number of hydrogen-bond donors (Lipinski definition) is 0. The maximum Gasteiger partial charge on any atom is 0.241 e. The zero-order valence-corrected chi connectivity index (χ0v) is 11.6. The molecule has 0 radical (unpaired) electrons. The third kappa shape index (κ3) is 3.29. The number of aromatic nitrogens is 2. The fourth-order valence-corrected chi connectivity index (χ4v) is 2.88. The Morgan fingerprint density at radius 2 is 2.17 bits per heavy atom. The molecule has 102 valence electrons. The van der Waals surface area contributed by atoms with Gasteiger partial charge in [-0.05, 0) is 19.3 Å². The predicted molar refractivity (Wildman–Crippen MR) is 66.4 cm³/mol. The minimum Gasteiger partial charge on any atom is -0.338 e. The molecule has 0 N–H and O–H groups in total. The molecule has 0 aliphatic heterocycles. The number of sulfonamides is 1. The van der Waals surface area contributed by atoms with Crippen LogP contribution in [0, 0.1) is 0 Å². The van der Waals surface area contributed by atoms with Gasteiger partial charge < -0.3 is 4.52 Å². The van der Waals surface area contributed by atoms with Crippen LogP contribution in [0.2, 0.25) is 0 Å². The molecule has 1 saturated carbocycles. The third-order valence-electron chi connectivity index (χ3n) is 3.01. The third-order valence-corrected chi connectivity index (χ3v) is 4.90. The highest BCUT2D eigenvalue weighted by atomic mass is 32.2. The number of rotatable bonds is 7. The zero-order valence-electron chi connectivity index (χ0n) is 10.8. The highest BCUT2D eigenvalue weighted by molar-refractivity contribution is 7.89. The number of unbranched alkanes of at least 4 members (excludes halogenated alkanes) is 1. The summed E-state index contributed by atoms with van der Waals surface area (Å²) in [5.74, 6) is 1.68. The van der Waals surface area contributed by atoms with Crippen LogP contribution in [-0.4, -0.2) is 35.7 Å². The van der Waals surface area contributed by atoms with Crippen molar-refractivity contribution in [2.24, 2.45) is 0 Å². The fraction of sp³-hybridized carbons (Fsp3) is 0.818. The number of hydrogen-bond acceptors (Lipinski definition) is 5. The van der Waals surface area contributed by atoms with E-state index in [-0.39, 0.29) is 12.3 Å². The highest BCUT2D eigenvalue weighted by Crippen LogP contribution is 2.38. The molecule has 1 aromatic rings. The highest BCUT2D eigenvalue weighted by Gasteiger charge is 2.29. The molecule has 0 amide bonds. The van der Waals surface area contributed by atoms with Gasteiger partial charge in [0.25, 0.3) is 0 Å². The zero-order chi connectivity index (χ0) is 13.2. The summed E-state index contributed by atoms with van der Waals surface area (Å²) in [6.07, 6.45) is 3.73. The van der Waals surface area contributed by atoms with E-state index in [1.54, 1.807) is 7.05 Å². The van der Waals surface area contributed by atoms with Gasteiger partial charge >= 0.3 is 0 Å². The Morgan fingerprint density at radius 3 is 2.78 bits per heavy atom. The van der Waals surface area contributed by atoms with Gasteiger partial charge in [0, 0.05) is 13.0 Å². The van der Waals surface area contributed by atoms with E-state index in [1.807, 2.05) is 6.92 Å². The standard InChI is InChI=1S/C11H19N3O3S/c1-3-4-7-18(15,16)14(2)8-10-12-11(13-17-10)9-5-6-9/h9H,3-8H2,1-2H3. The minimum absolute atomic E-state index is 0.158. The molecule has 0 unspecified atom stereocenters. The van der Waals surface area contributed by atoms with Gasteiger partial charge in [-0.2, -0.15) is 9.29 Å². The van der Waals surface area contributed by atoms with Crippen molar-refractivity contribution in [3.63, 3.8) is 0 Å². The smallest absolute Gasteiger partial charge is 0.241 e. The van der Waals surface area contributed by atoms with E-state index in [0.717, 1.165) is 19.3 Å². The molecule has 1 heterocycles. The van der Waals surface area contributed by atoms with Gasteiger partial charge in [-0.25, -0.2) is 8.42 Å². The van der Waals surface area contributed by atoms with Crippen LogP contribution in [0.3, 0.4) is 0 Å². The van der Waals surface area contributed by atoms with Crippen molar-refractivity contribution in [1.29, 1.82) is 0 Å². The lowest BCUT2D eigenvalue weighted by Crippen LogP contribution is -2.28. The molecular formula is C11H19N3O3S. The molecule has 1 aliphatic carbocycles. The maximum atomic E-state index is 11.9. The van der Waals surface area contributed by atoms with E-state index in [9.17, 15) is 8.42 Å². The van der Waals surface area contributed by atoms with Crippen molar-refractivity contribution in [2.75, 3.05) is 12.8 Å².